The summed E-state index contributed by atoms with van der Waals surface area (Å²) in [6.07, 6.45) is 9.38. The lowest BCUT2D eigenvalue weighted by Crippen LogP contribution is -2.08. The molecule has 0 radical (unpaired) electrons. The van der Waals surface area contributed by atoms with Crippen LogP contribution in [0.15, 0.2) is 194 Å². The number of nitrogens with zero attached hydrogens (tertiary/aromatic N) is 5. The van der Waals surface area contributed by atoms with Crippen molar-refractivity contribution in [1.82, 2.24) is 24.1 Å². The molecule has 1 atom stereocenters. The van der Waals surface area contributed by atoms with Gasteiger partial charge in [-0.3, -0.25) is 0 Å². The van der Waals surface area contributed by atoms with Gasteiger partial charge in [-0.25, -0.2) is 15.0 Å². The van der Waals surface area contributed by atoms with E-state index in [1.165, 1.54) is 43.7 Å². The number of fused-ring (bicyclic) bond motifs is 6. The van der Waals surface area contributed by atoms with Crippen molar-refractivity contribution in [2.24, 2.45) is 0 Å². The molecule has 56 heavy (non-hydrogen) atoms. The third-order valence-electron chi connectivity index (χ3n) is 11.1. The van der Waals surface area contributed by atoms with Crippen molar-refractivity contribution in [2.45, 2.75) is 12.3 Å². The summed E-state index contributed by atoms with van der Waals surface area (Å²) >= 11 is 0. The number of hydrogen-bond donors (Lipinski definition) is 0. The largest absolute Gasteiger partial charge is 0.309 e. The zero-order valence-corrected chi connectivity index (χ0v) is 30.5. The highest BCUT2D eigenvalue weighted by molar-refractivity contribution is 6.12. The van der Waals surface area contributed by atoms with E-state index in [9.17, 15) is 0 Å². The molecule has 3 heterocycles. The maximum absolute atomic E-state index is 5.09. The van der Waals surface area contributed by atoms with Gasteiger partial charge in [-0.05, 0) is 72.1 Å². The number of hydrogen-bond acceptors (Lipinski definition) is 3. The van der Waals surface area contributed by atoms with Gasteiger partial charge in [-0.15, -0.1) is 0 Å². The van der Waals surface area contributed by atoms with Crippen LogP contribution in [-0.4, -0.2) is 24.1 Å². The Kier molecular flexibility index (Phi) is 7.56. The van der Waals surface area contributed by atoms with E-state index in [0.717, 1.165) is 45.8 Å². The molecule has 5 heteroatoms. The molecule has 0 saturated heterocycles. The van der Waals surface area contributed by atoms with E-state index < -0.39 is 0 Å². The summed E-state index contributed by atoms with van der Waals surface area (Å²) in [6.45, 7) is 0. The second-order valence-electron chi connectivity index (χ2n) is 14.4. The molecule has 264 valence electrons. The maximum atomic E-state index is 5.09. The third kappa shape index (κ3) is 5.36. The first-order chi connectivity index (χ1) is 27.8. The zero-order valence-electron chi connectivity index (χ0n) is 30.5. The predicted octanol–water partition coefficient (Wildman–Crippen LogP) is 12.7. The summed E-state index contributed by atoms with van der Waals surface area (Å²) in [5.74, 6) is 2.24. The molecule has 7 aromatic carbocycles. The summed E-state index contributed by atoms with van der Waals surface area (Å²) < 4.78 is 4.75. The molecule has 0 bridgehead atoms. The molecule has 3 aromatic heterocycles. The Balaban J connectivity index is 1.05. The van der Waals surface area contributed by atoms with Crippen LogP contribution in [0.3, 0.4) is 0 Å². The van der Waals surface area contributed by atoms with Crippen LogP contribution >= 0.6 is 0 Å². The molecule has 5 nitrogen and oxygen atoms in total. The van der Waals surface area contributed by atoms with Crippen LogP contribution in [0.1, 0.15) is 18.2 Å². The second kappa shape index (κ2) is 13.2. The zero-order chi connectivity index (χ0) is 37.0. The van der Waals surface area contributed by atoms with Crippen molar-refractivity contribution in [2.75, 3.05) is 0 Å². The molecule has 0 amide bonds. The van der Waals surface area contributed by atoms with Crippen molar-refractivity contribution in [3.63, 3.8) is 0 Å². The Labute approximate surface area is 324 Å². The van der Waals surface area contributed by atoms with Gasteiger partial charge >= 0.3 is 0 Å². The first kappa shape index (κ1) is 32.1. The minimum atomic E-state index is 0.0985. The Morgan fingerprint density at radius 1 is 0.393 bits per heavy atom. The van der Waals surface area contributed by atoms with Crippen molar-refractivity contribution in [3.8, 4) is 45.3 Å². The van der Waals surface area contributed by atoms with Crippen LogP contribution in [0.5, 0.6) is 0 Å². The SMILES string of the molecule is C1=CCC(c2nc(-c3ccccc3)nc(-c3cccc(-n4c5ccccc5c5cc(-c6ccc7c8ccccc8n(-c8ccccc8)c7c6)ccc54)c3)n2)C=C1. The number of benzene rings is 7. The van der Waals surface area contributed by atoms with E-state index in [-0.39, 0.29) is 5.92 Å². The fourth-order valence-corrected chi connectivity index (χ4v) is 8.40. The first-order valence-electron chi connectivity index (χ1n) is 19.1. The van der Waals surface area contributed by atoms with Gasteiger partial charge in [0, 0.05) is 50.0 Å². The lowest BCUT2D eigenvalue weighted by atomic mass is 10.00. The van der Waals surface area contributed by atoms with E-state index in [1.54, 1.807) is 0 Å². The van der Waals surface area contributed by atoms with E-state index in [1.807, 2.05) is 18.2 Å². The third-order valence-corrected chi connectivity index (χ3v) is 11.1. The minimum absolute atomic E-state index is 0.0985. The van der Waals surface area contributed by atoms with Gasteiger partial charge in [0.15, 0.2) is 11.6 Å². The maximum Gasteiger partial charge on any atom is 0.163 e. The highest BCUT2D eigenvalue weighted by Gasteiger charge is 2.19. The Morgan fingerprint density at radius 2 is 0.982 bits per heavy atom. The predicted molar refractivity (Wildman–Crippen MR) is 230 cm³/mol. The summed E-state index contributed by atoms with van der Waals surface area (Å²) in [5.41, 5.74) is 11.2. The van der Waals surface area contributed by atoms with Crippen LogP contribution in [-0.2, 0) is 0 Å². The highest BCUT2D eigenvalue weighted by atomic mass is 15.0. The molecule has 1 aliphatic carbocycles. The average molecular weight is 718 g/mol. The number of aromatic nitrogens is 5. The number of rotatable bonds is 6. The molecule has 1 aliphatic rings. The summed E-state index contributed by atoms with van der Waals surface area (Å²) in [6, 6.07) is 60.6. The van der Waals surface area contributed by atoms with Crippen molar-refractivity contribution in [1.29, 1.82) is 0 Å². The molecule has 1 unspecified atom stereocenters. The van der Waals surface area contributed by atoms with Gasteiger partial charge in [-0.1, -0.05) is 140 Å². The molecule has 0 N–H and O–H groups in total. The Bertz CT molecular complexity index is 3170. The van der Waals surface area contributed by atoms with E-state index in [4.69, 9.17) is 15.0 Å². The van der Waals surface area contributed by atoms with Gasteiger partial charge in [0.05, 0.1) is 22.1 Å². The van der Waals surface area contributed by atoms with E-state index in [2.05, 4.69) is 185 Å². The topological polar surface area (TPSA) is 48.5 Å². The van der Waals surface area contributed by atoms with Crippen molar-refractivity contribution < 1.29 is 0 Å². The van der Waals surface area contributed by atoms with Gasteiger partial charge in [0.1, 0.15) is 5.82 Å². The van der Waals surface area contributed by atoms with Crippen molar-refractivity contribution >= 4 is 43.6 Å². The molecule has 0 aliphatic heterocycles. The van der Waals surface area contributed by atoms with Gasteiger partial charge in [-0.2, -0.15) is 0 Å². The van der Waals surface area contributed by atoms with E-state index >= 15 is 0 Å². The Morgan fingerprint density at radius 3 is 1.75 bits per heavy atom. The molecular weight excluding hydrogens is 683 g/mol. The molecule has 0 saturated carbocycles. The molecule has 11 rings (SSSR count). The summed E-state index contributed by atoms with van der Waals surface area (Å²) in [4.78, 5) is 15.1. The Hall–Kier alpha value is -7.37. The molecule has 0 spiro atoms. The van der Waals surface area contributed by atoms with Gasteiger partial charge in [0.2, 0.25) is 0 Å². The minimum Gasteiger partial charge on any atom is -0.309 e. The van der Waals surface area contributed by atoms with Crippen LogP contribution in [0.4, 0.5) is 0 Å². The number of para-hydroxylation sites is 3. The lowest BCUT2D eigenvalue weighted by Gasteiger charge is -2.15. The number of allylic oxidation sites excluding steroid dienone is 4. The quantitative estimate of drug-likeness (QED) is 0.172. The normalized spacial score (nSPS) is 14.0. The average Bonchev–Trinajstić information content (AvgIpc) is 3.79. The van der Waals surface area contributed by atoms with Gasteiger partial charge < -0.3 is 9.13 Å². The highest BCUT2D eigenvalue weighted by Crippen LogP contribution is 2.39. The molecule has 0 fully saturated rings. The van der Waals surface area contributed by atoms with E-state index in [0.29, 0.717) is 11.6 Å². The van der Waals surface area contributed by atoms with Crippen LogP contribution in [0.2, 0.25) is 0 Å². The molecular formula is C51H35N5. The van der Waals surface area contributed by atoms with Crippen LogP contribution < -0.4 is 0 Å². The standard InChI is InChI=1S/C51H35N5/c1-4-15-34(16-5-1)49-52-50(35-17-6-2-7-18-35)54-51(53-49)38-19-14-22-40(31-38)56-46-26-13-11-24-42(46)44-32-36(28-30-47(44)56)37-27-29-43-41-23-10-12-25-45(41)55(48(43)33-37)39-20-8-3-9-21-39/h1-17,19-33,35H,18H2. The fourth-order valence-electron chi connectivity index (χ4n) is 8.40. The molecule has 10 aromatic rings. The monoisotopic (exact) mass is 717 g/mol. The van der Waals surface area contributed by atoms with Crippen LogP contribution in [0, 0.1) is 0 Å². The van der Waals surface area contributed by atoms with Gasteiger partial charge in [0.25, 0.3) is 0 Å². The smallest absolute Gasteiger partial charge is 0.163 e. The van der Waals surface area contributed by atoms with Crippen molar-refractivity contribution in [3.05, 3.63) is 200 Å². The summed E-state index contributed by atoms with van der Waals surface area (Å²) in [5, 5.41) is 4.92. The lowest BCUT2D eigenvalue weighted by molar-refractivity contribution is 0.764. The summed E-state index contributed by atoms with van der Waals surface area (Å²) in [7, 11) is 0. The fraction of sp³-hybridized carbons (Fsp3) is 0.0392. The first-order valence-corrected chi connectivity index (χ1v) is 19.1. The van der Waals surface area contributed by atoms with Crippen LogP contribution in [0.25, 0.3) is 88.9 Å². The second-order valence-corrected chi connectivity index (χ2v) is 14.4.